The Kier molecular flexibility index (Phi) is 3.90. The Morgan fingerprint density at radius 3 is 2.70 bits per heavy atom. The highest BCUT2D eigenvalue weighted by molar-refractivity contribution is 6.29. The molecule has 102 valence electrons. The van der Waals surface area contributed by atoms with Gasteiger partial charge in [0.2, 0.25) is 0 Å². The van der Waals surface area contributed by atoms with Crippen LogP contribution in [0.15, 0.2) is 30.6 Å². The Bertz CT molecular complexity index is 693. The molecule has 1 amide bonds. The molecule has 0 bridgehead atoms. The van der Waals surface area contributed by atoms with Crippen molar-refractivity contribution in [2.75, 3.05) is 5.32 Å². The minimum absolute atomic E-state index is 0.0429. The van der Waals surface area contributed by atoms with E-state index < -0.39 is 23.3 Å². The molecule has 0 spiro atoms. The molecule has 2 N–H and O–H groups in total. The Morgan fingerprint density at radius 2 is 2.05 bits per heavy atom. The van der Waals surface area contributed by atoms with Crippen molar-refractivity contribution in [2.45, 2.75) is 0 Å². The number of anilines is 1. The third-order valence-corrected chi connectivity index (χ3v) is 2.47. The van der Waals surface area contributed by atoms with E-state index in [0.717, 1.165) is 12.1 Å². The number of nitrogens with zero attached hydrogens (tertiary/aromatic N) is 2. The molecule has 0 aliphatic carbocycles. The van der Waals surface area contributed by atoms with Gasteiger partial charge in [0.25, 0.3) is 5.91 Å². The average molecular weight is 296 g/mol. The largest absolute Gasteiger partial charge is 0.478 e. The van der Waals surface area contributed by atoms with Crippen molar-refractivity contribution in [1.29, 1.82) is 0 Å². The van der Waals surface area contributed by atoms with E-state index >= 15 is 0 Å². The Hall–Kier alpha value is -2.54. The van der Waals surface area contributed by atoms with Crippen LogP contribution in [0.1, 0.15) is 20.8 Å². The molecule has 0 saturated heterocycles. The summed E-state index contributed by atoms with van der Waals surface area (Å²) in [5, 5.41) is 11.2. The van der Waals surface area contributed by atoms with Crippen LogP contribution in [-0.2, 0) is 0 Å². The zero-order valence-electron chi connectivity index (χ0n) is 9.80. The number of rotatable bonds is 3. The van der Waals surface area contributed by atoms with Gasteiger partial charge in [-0.15, -0.1) is 0 Å². The molecule has 0 saturated carbocycles. The number of hydrogen-bond acceptors (Lipinski definition) is 4. The highest BCUT2D eigenvalue weighted by atomic mass is 35.5. The molecule has 0 aliphatic rings. The highest BCUT2D eigenvalue weighted by Gasteiger charge is 2.13. The van der Waals surface area contributed by atoms with Crippen LogP contribution in [0.25, 0.3) is 0 Å². The minimum atomic E-state index is -1.43. The number of carboxylic acid groups (broad SMARTS) is 1. The fourth-order valence-electron chi connectivity index (χ4n) is 1.41. The first-order valence-corrected chi connectivity index (χ1v) is 5.67. The molecular formula is C12H7ClFN3O3. The number of carboxylic acids is 1. The molecule has 2 rings (SSSR count). The molecule has 6 nitrogen and oxygen atoms in total. The molecule has 1 aromatic carbocycles. The van der Waals surface area contributed by atoms with Crippen LogP contribution in [0.2, 0.25) is 5.15 Å². The van der Waals surface area contributed by atoms with Crippen LogP contribution in [0, 0.1) is 5.82 Å². The average Bonchev–Trinajstić information content (AvgIpc) is 2.40. The first kappa shape index (κ1) is 13.9. The molecule has 0 radical (unpaired) electrons. The van der Waals surface area contributed by atoms with Crippen LogP contribution < -0.4 is 5.32 Å². The summed E-state index contributed by atoms with van der Waals surface area (Å²) in [6.45, 7) is 0. The molecule has 1 aromatic heterocycles. The molecule has 0 atom stereocenters. The van der Waals surface area contributed by atoms with Gasteiger partial charge in [-0.1, -0.05) is 11.6 Å². The zero-order valence-corrected chi connectivity index (χ0v) is 10.6. The second-order valence-corrected chi connectivity index (χ2v) is 4.07. The number of carbonyl (C=O) groups is 2. The smallest absolute Gasteiger partial charge is 0.338 e. The zero-order chi connectivity index (χ0) is 14.7. The van der Waals surface area contributed by atoms with Gasteiger partial charge in [0, 0.05) is 5.69 Å². The lowest BCUT2D eigenvalue weighted by molar-refractivity contribution is 0.0691. The van der Waals surface area contributed by atoms with Gasteiger partial charge in [-0.3, -0.25) is 9.78 Å². The van der Waals surface area contributed by atoms with Crippen molar-refractivity contribution >= 4 is 29.2 Å². The van der Waals surface area contributed by atoms with Crippen LogP contribution in [0.3, 0.4) is 0 Å². The third kappa shape index (κ3) is 3.07. The van der Waals surface area contributed by atoms with Gasteiger partial charge in [0.15, 0.2) is 0 Å². The molecular weight excluding hydrogens is 289 g/mol. The van der Waals surface area contributed by atoms with E-state index in [-0.39, 0.29) is 16.5 Å². The van der Waals surface area contributed by atoms with Gasteiger partial charge in [0.05, 0.1) is 18.0 Å². The fourth-order valence-corrected chi connectivity index (χ4v) is 1.56. The molecule has 20 heavy (non-hydrogen) atoms. The molecule has 1 heterocycles. The molecule has 0 fully saturated rings. The van der Waals surface area contributed by atoms with E-state index in [2.05, 4.69) is 15.3 Å². The van der Waals surface area contributed by atoms with E-state index in [0.29, 0.717) is 0 Å². The first-order chi connectivity index (χ1) is 9.47. The Labute approximate surface area is 117 Å². The lowest BCUT2D eigenvalue weighted by Crippen LogP contribution is -2.14. The maximum atomic E-state index is 13.2. The molecule has 8 heteroatoms. The minimum Gasteiger partial charge on any atom is -0.478 e. The summed E-state index contributed by atoms with van der Waals surface area (Å²) in [5.74, 6) is -2.96. The predicted molar refractivity (Wildman–Crippen MR) is 68.4 cm³/mol. The number of nitrogens with one attached hydrogen (secondary N) is 1. The number of aromatic nitrogens is 2. The van der Waals surface area contributed by atoms with E-state index in [1.807, 2.05) is 0 Å². The van der Waals surface area contributed by atoms with E-state index in [1.165, 1.54) is 18.5 Å². The van der Waals surface area contributed by atoms with Gasteiger partial charge in [-0.05, 0) is 18.2 Å². The van der Waals surface area contributed by atoms with Gasteiger partial charge in [-0.25, -0.2) is 14.2 Å². The number of hydrogen-bond donors (Lipinski definition) is 2. The summed E-state index contributed by atoms with van der Waals surface area (Å²) in [5.41, 5.74) is -0.464. The second kappa shape index (κ2) is 5.62. The second-order valence-electron chi connectivity index (χ2n) is 3.68. The van der Waals surface area contributed by atoms with Crippen LogP contribution in [0.4, 0.5) is 10.1 Å². The van der Waals surface area contributed by atoms with E-state index in [4.69, 9.17) is 16.7 Å². The van der Waals surface area contributed by atoms with Gasteiger partial charge >= 0.3 is 5.97 Å². The van der Waals surface area contributed by atoms with Crippen molar-refractivity contribution in [1.82, 2.24) is 9.97 Å². The number of carbonyl (C=O) groups excluding carboxylic acids is 1. The van der Waals surface area contributed by atoms with Crippen molar-refractivity contribution in [3.8, 4) is 0 Å². The maximum Gasteiger partial charge on any atom is 0.338 e. The normalized spacial score (nSPS) is 10.1. The molecule has 0 aliphatic heterocycles. The Morgan fingerprint density at radius 1 is 1.30 bits per heavy atom. The van der Waals surface area contributed by atoms with Gasteiger partial charge < -0.3 is 10.4 Å². The van der Waals surface area contributed by atoms with E-state index in [9.17, 15) is 14.0 Å². The summed E-state index contributed by atoms with van der Waals surface area (Å²) in [7, 11) is 0. The summed E-state index contributed by atoms with van der Waals surface area (Å²) in [6.07, 6.45) is 2.46. The monoisotopic (exact) mass is 295 g/mol. The summed E-state index contributed by atoms with van der Waals surface area (Å²) in [6, 6.07) is 3.19. The van der Waals surface area contributed by atoms with E-state index in [1.54, 1.807) is 0 Å². The molecule has 0 unspecified atom stereocenters. The quantitative estimate of drug-likeness (QED) is 0.906. The fraction of sp³-hybridized carbons (Fsp3) is 0. The van der Waals surface area contributed by atoms with Crippen molar-refractivity contribution in [3.05, 3.63) is 52.8 Å². The van der Waals surface area contributed by atoms with Crippen LogP contribution in [0.5, 0.6) is 0 Å². The highest BCUT2D eigenvalue weighted by Crippen LogP contribution is 2.15. The van der Waals surface area contributed by atoms with Gasteiger partial charge in [0.1, 0.15) is 16.7 Å². The summed E-state index contributed by atoms with van der Waals surface area (Å²) in [4.78, 5) is 30.0. The van der Waals surface area contributed by atoms with Crippen LogP contribution >= 0.6 is 11.6 Å². The SMILES string of the molecule is O=C(Nc1ccc(F)c(C(=O)O)c1)c1cncc(Cl)n1. The topological polar surface area (TPSA) is 92.2 Å². The number of benzene rings is 1. The Balaban J connectivity index is 2.24. The lowest BCUT2D eigenvalue weighted by atomic mass is 10.2. The number of amides is 1. The lowest BCUT2D eigenvalue weighted by Gasteiger charge is -2.06. The summed E-state index contributed by atoms with van der Waals surface area (Å²) >= 11 is 5.60. The first-order valence-electron chi connectivity index (χ1n) is 5.29. The molecule has 2 aromatic rings. The van der Waals surface area contributed by atoms with Crippen molar-refractivity contribution < 1.29 is 19.1 Å². The van der Waals surface area contributed by atoms with Crippen LogP contribution in [-0.4, -0.2) is 27.0 Å². The maximum absolute atomic E-state index is 13.2. The third-order valence-electron chi connectivity index (χ3n) is 2.29. The summed E-state index contributed by atoms with van der Waals surface area (Å²) < 4.78 is 13.2. The predicted octanol–water partition coefficient (Wildman–Crippen LogP) is 2.22. The standard InChI is InChI=1S/C12H7ClFN3O3/c13-10-5-15-4-9(17-10)11(18)16-6-1-2-8(14)7(3-6)12(19)20/h1-5H,(H,16,18)(H,19,20). The van der Waals surface area contributed by atoms with Gasteiger partial charge in [-0.2, -0.15) is 0 Å². The number of halogens is 2. The van der Waals surface area contributed by atoms with Crippen molar-refractivity contribution in [3.63, 3.8) is 0 Å². The van der Waals surface area contributed by atoms with Crippen molar-refractivity contribution in [2.24, 2.45) is 0 Å². The number of aromatic carboxylic acids is 1.